The lowest BCUT2D eigenvalue weighted by Crippen LogP contribution is -2.52. The number of aromatic amines is 2. The van der Waals surface area contributed by atoms with E-state index in [1.165, 1.54) is 14.2 Å². The van der Waals surface area contributed by atoms with Gasteiger partial charge in [-0.3, -0.25) is 14.9 Å². The van der Waals surface area contributed by atoms with Gasteiger partial charge in [-0.05, 0) is 67.9 Å². The van der Waals surface area contributed by atoms with Gasteiger partial charge in [0, 0.05) is 53.4 Å². The number of likely N-dealkylation sites (tertiary alicyclic amines) is 2. The van der Waals surface area contributed by atoms with Crippen LogP contribution in [0.3, 0.4) is 0 Å². The Balaban J connectivity index is 1.04. The zero-order chi connectivity index (χ0) is 47.1. The molecule has 3 aliphatic rings. The molecule has 0 aliphatic carbocycles. The van der Waals surface area contributed by atoms with E-state index in [1.54, 1.807) is 18.2 Å². The number of alkyl carbamates (subject to hydrolysis) is 1. The minimum Gasteiger partial charge on any atom is -0.496 e. The molecule has 6 aromatic rings. The average Bonchev–Trinajstić information content (AvgIpc) is 4.20. The Labute approximate surface area is 389 Å². The lowest BCUT2D eigenvalue weighted by atomic mass is 9.95. The van der Waals surface area contributed by atoms with E-state index in [9.17, 15) is 19.5 Å². The number of aliphatic hydroxyl groups is 1. The Kier molecular flexibility index (Phi) is 12.8. The van der Waals surface area contributed by atoms with Crippen molar-refractivity contribution in [1.29, 1.82) is 0 Å². The van der Waals surface area contributed by atoms with E-state index in [0.29, 0.717) is 30.5 Å². The lowest BCUT2D eigenvalue weighted by molar-refractivity contribution is -0.145. The number of benzene rings is 3. The van der Waals surface area contributed by atoms with Gasteiger partial charge >= 0.3 is 6.09 Å². The number of nitrogens with one attached hydrogen (secondary N) is 4. The molecule has 0 radical (unpaired) electrons. The zero-order valence-corrected chi connectivity index (χ0v) is 39.0. The molecule has 5 N–H and O–H groups in total. The summed E-state index contributed by atoms with van der Waals surface area (Å²) in [4.78, 5) is 60.1. The van der Waals surface area contributed by atoms with E-state index >= 15 is 0 Å². The average molecular weight is 914 g/mol. The van der Waals surface area contributed by atoms with Crippen LogP contribution in [0.5, 0.6) is 11.5 Å². The Hall–Kier alpha value is -6.69. The second-order valence-corrected chi connectivity index (χ2v) is 18.1. The van der Waals surface area contributed by atoms with Gasteiger partial charge in [0.05, 0.1) is 67.3 Å². The van der Waals surface area contributed by atoms with Gasteiger partial charge in [-0.25, -0.2) is 14.8 Å². The van der Waals surface area contributed by atoms with Crippen molar-refractivity contribution in [3.8, 4) is 56.4 Å². The molecule has 0 saturated carbocycles. The Bertz CT molecular complexity index is 2790. The van der Waals surface area contributed by atoms with Gasteiger partial charge in [-0.15, -0.1) is 0 Å². The maximum Gasteiger partial charge on any atom is 0.407 e. The SMILES string of the molecule is COC(=O)NC(C(=O)N1CCCC1c1ncc(-c2ccc3c(c2)OCn2c-3c(-c3ccccc3OC)c3cc(-c4cnc(C5CCCN5C(=O)C(NC(O)OC)C(C)C)[nH]4)ccc32)[nH]1)C(C)C. The number of rotatable bonds is 14. The minimum atomic E-state index is -1.25. The van der Waals surface area contributed by atoms with Crippen LogP contribution in [-0.2, 0) is 25.8 Å². The van der Waals surface area contributed by atoms with Crippen LogP contribution in [0.4, 0.5) is 4.79 Å². The third kappa shape index (κ3) is 8.51. The summed E-state index contributed by atoms with van der Waals surface area (Å²) in [6.45, 7) is 9.10. The molecule has 6 heterocycles. The molecule has 2 saturated heterocycles. The molecular weight excluding hydrogens is 855 g/mol. The van der Waals surface area contributed by atoms with Crippen molar-refractivity contribution in [2.45, 2.75) is 90.7 Å². The molecule has 3 aliphatic heterocycles. The summed E-state index contributed by atoms with van der Waals surface area (Å²) in [6, 6.07) is 18.7. The number of methoxy groups -OCH3 is 3. The number of nitrogens with zero attached hydrogens (tertiary/aromatic N) is 5. The standard InChI is InChI=1S/C50H59N9O8/c1-27(2)42(55-49(62)65-6)47(60)57-20-10-13-37(57)45-51-24-34(53-45)29-17-19-36-33(22-29)41(31-12-8-9-15-39(31)64-5)44-32-18-16-30(23-40(32)67-26-59(36)44)35-25-52-46(54-35)38-14-11-21-58(38)48(61)43(28(3)4)56-50(63)66-7/h8-9,12,15-19,22-25,27-28,37-38,42-43,49,55,62H,10-11,13-14,20-21,26H2,1-7H3,(H,51,53)(H,52,54)(H,56,63). The molecule has 17 nitrogen and oxygen atoms in total. The van der Waals surface area contributed by atoms with Crippen LogP contribution < -0.4 is 20.1 Å². The fourth-order valence-electron chi connectivity index (χ4n) is 9.96. The number of ether oxygens (including phenoxy) is 4. The van der Waals surface area contributed by atoms with E-state index in [0.717, 1.165) is 87.2 Å². The highest BCUT2D eigenvalue weighted by Gasteiger charge is 2.39. The van der Waals surface area contributed by atoms with Crippen LogP contribution in [0.25, 0.3) is 55.8 Å². The number of hydrogen-bond donors (Lipinski definition) is 5. The Morgan fingerprint density at radius 3 is 2.01 bits per heavy atom. The number of amides is 3. The van der Waals surface area contributed by atoms with Crippen molar-refractivity contribution in [3.63, 3.8) is 0 Å². The molecule has 0 spiro atoms. The van der Waals surface area contributed by atoms with Crippen LogP contribution in [-0.4, -0.2) is 110 Å². The molecule has 9 rings (SSSR count). The third-order valence-electron chi connectivity index (χ3n) is 13.4. The third-order valence-corrected chi connectivity index (χ3v) is 13.4. The smallest absolute Gasteiger partial charge is 0.407 e. The summed E-state index contributed by atoms with van der Waals surface area (Å²) in [5.41, 5.74) is 8.26. The van der Waals surface area contributed by atoms with Crippen molar-refractivity contribution in [1.82, 2.24) is 44.9 Å². The molecule has 0 bridgehead atoms. The first-order valence-corrected chi connectivity index (χ1v) is 23.0. The summed E-state index contributed by atoms with van der Waals surface area (Å²) in [5, 5.41) is 16.8. The molecule has 5 unspecified atom stereocenters. The van der Waals surface area contributed by atoms with Gasteiger partial charge in [0.25, 0.3) is 0 Å². The number of imidazole rings is 2. The monoisotopic (exact) mass is 913 g/mol. The first-order valence-electron chi connectivity index (χ1n) is 23.0. The van der Waals surface area contributed by atoms with Gasteiger partial charge in [0.2, 0.25) is 18.2 Å². The highest BCUT2D eigenvalue weighted by atomic mass is 16.6. The second-order valence-electron chi connectivity index (χ2n) is 18.1. The molecule has 352 valence electrons. The van der Waals surface area contributed by atoms with Crippen LogP contribution in [0.2, 0.25) is 0 Å². The largest absolute Gasteiger partial charge is 0.496 e. The summed E-state index contributed by atoms with van der Waals surface area (Å²) >= 11 is 0. The number of fused-ring (bicyclic) bond motifs is 5. The Morgan fingerprint density at radius 1 is 0.791 bits per heavy atom. The molecule has 3 aromatic carbocycles. The van der Waals surface area contributed by atoms with Crippen LogP contribution in [0.15, 0.2) is 73.1 Å². The fraction of sp³-hybridized carbons (Fsp3) is 0.420. The first kappa shape index (κ1) is 45.5. The van der Waals surface area contributed by atoms with Gasteiger partial charge < -0.3 is 53.7 Å². The number of carbonyl (C=O) groups excluding carboxylic acids is 3. The van der Waals surface area contributed by atoms with E-state index < -0.39 is 24.6 Å². The van der Waals surface area contributed by atoms with E-state index in [2.05, 4.69) is 61.6 Å². The highest BCUT2D eigenvalue weighted by Crippen LogP contribution is 2.50. The zero-order valence-electron chi connectivity index (χ0n) is 39.0. The number of hydrogen-bond acceptors (Lipinski definition) is 11. The van der Waals surface area contributed by atoms with E-state index in [-0.39, 0.29) is 42.5 Å². The quantitative estimate of drug-likeness (QED) is 0.0684. The van der Waals surface area contributed by atoms with Crippen LogP contribution in [0.1, 0.15) is 77.1 Å². The summed E-state index contributed by atoms with van der Waals surface area (Å²) in [6.07, 6.45) is 4.89. The number of carbonyl (C=O) groups is 3. The van der Waals surface area contributed by atoms with Crippen molar-refractivity contribution in [3.05, 3.63) is 84.7 Å². The topological polar surface area (TPSA) is 201 Å². The van der Waals surface area contributed by atoms with E-state index in [1.807, 2.05) is 63.1 Å². The van der Waals surface area contributed by atoms with Crippen LogP contribution >= 0.6 is 0 Å². The first-order chi connectivity index (χ1) is 32.4. The number of aliphatic hydroxyl groups excluding tert-OH is 1. The van der Waals surface area contributed by atoms with Gasteiger partial charge in [-0.2, -0.15) is 0 Å². The van der Waals surface area contributed by atoms with Crippen molar-refractivity contribution < 1.29 is 38.4 Å². The van der Waals surface area contributed by atoms with Crippen molar-refractivity contribution >= 4 is 28.8 Å². The van der Waals surface area contributed by atoms with Gasteiger partial charge in [-0.1, -0.05) is 58.0 Å². The summed E-state index contributed by atoms with van der Waals surface area (Å²) in [7, 11) is 4.36. The molecule has 17 heteroatoms. The Morgan fingerprint density at radius 2 is 1.40 bits per heavy atom. The molecule has 2 fully saturated rings. The molecule has 3 amide bonds. The molecular formula is C50H59N9O8. The predicted molar refractivity (Wildman–Crippen MR) is 251 cm³/mol. The molecule has 5 atom stereocenters. The highest BCUT2D eigenvalue weighted by molar-refractivity contribution is 6.08. The lowest BCUT2D eigenvalue weighted by Gasteiger charge is -2.31. The summed E-state index contributed by atoms with van der Waals surface area (Å²) in [5.74, 6) is 2.36. The molecule has 67 heavy (non-hydrogen) atoms. The maximum absolute atomic E-state index is 13.9. The van der Waals surface area contributed by atoms with E-state index in [4.69, 9.17) is 28.9 Å². The minimum absolute atomic E-state index is 0.0799. The van der Waals surface area contributed by atoms with Crippen molar-refractivity contribution in [2.24, 2.45) is 11.8 Å². The number of para-hydroxylation sites is 1. The predicted octanol–water partition coefficient (Wildman–Crippen LogP) is 7.36. The normalized spacial score (nSPS) is 18.2. The number of H-pyrrole nitrogens is 2. The maximum atomic E-state index is 13.9. The van der Waals surface area contributed by atoms with Gasteiger partial charge in [0.1, 0.15) is 29.2 Å². The second kappa shape index (κ2) is 18.9. The molecule has 3 aromatic heterocycles. The number of aromatic nitrogens is 5. The van der Waals surface area contributed by atoms with Crippen LogP contribution in [0, 0.1) is 11.8 Å². The summed E-state index contributed by atoms with van der Waals surface area (Å²) < 4.78 is 24.6. The fourth-order valence-corrected chi connectivity index (χ4v) is 9.96. The van der Waals surface area contributed by atoms with Gasteiger partial charge in [0.15, 0.2) is 6.73 Å². The van der Waals surface area contributed by atoms with Crippen molar-refractivity contribution in [2.75, 3.05) is 34.4 Å².